The number of hydrogen-bond donors (Lipinski definition) is 3. The van der Waals surface area contributed by atoms with E-state index in [1.165, 1.54) is 36.8 Å². The van der Waals surface area contributed by atoms with Crippen molar-refractivity contribution < 1.29 is 0 Å². The molecule has 0 saturated heterocycles. The number of nitrogens with zero attached hydrogens (tertiary/aromatic N) is 1. The van der Waals surface area contributed by atoms with Gasteiger partial charge < -0.3 is 5.32 Å². The number of nitrogens with two attached hydrogens (primary N) is 1. The Hall–Kier alpha value is -1.55. The molecule has 2 rings (SSSR count). The van der Waals surface area contributed by atoms with Crippen LogP contribution in [0.15, 0.2) is 29.3 Å². The summed E-state index contributed by atoms with van der Waals surface area (Å²) in [6.45, 7) is 2.87. The number of nitrogens with one attached hydrogen (secondary N) is 2. The summed E-state index contributed by atoms with van der Waals surface area (Å²) in [5, 5.41) is 3.38. The Morgan fingerprint density at radius 1 is 1.37 bits per heavy atom. The molecule has 0 bridgehead atoms. The SMILES string of the molecule is Cc1cccc(CCN=C(NN)NC2CCCC2)c1. The van der Waals surface area contributed by atoms with Crippen LogP contribution in [0.2, 0.25) is 0 Å². The molecular weight excluding hydrogens is 236 g/mol. The zero-order valence-corrected chi connectivity index (χ0v) is 11.7. The Labute approximate surface area is 115 Å². The van der Waals surface area contributed by atoms with Gasteiger partial charge in [0.05, 0.1) is 0 Å². The van der Waals surface area contributed by atoms with E-state index in [2.05, 4.69) is 46.9 Å². The van der Waals surface area contributed by atoms with E-state index in [1.807, 2.05) is 0 Å². The van der Waals surface area contributed by atoms with E-state index < -0.39 is 0 Å². The molecule has 0 radical (unpaired) electrons. The van der Waals surface area contributed by atoms with Crippen molar-refractivity contribution in [1.82, 2.24) is 10.7 Å². The predicted molar refractivity (Wildman–Crippen MR) is 79.9 cm³/mol. The molecule has 0 amide bonds. The monoisotopic (exact) mass is 260 g/mol. The van der Waals surface area contributed by atoms with Crippen LogP contribution < -0.4 is 16.6 Å². The van der Waals surface area contributed by atoms with Gasteiger partial charge in [-0.25, -0.2) is 5.84 Å². The van der Waals surface area contributed by atoms with Gasteiger partial charge in [-0.05, 0) is 31.7 Å². The van der Waals surface area contributed by atoms with Gasteiger partial charge in [0, 0.05) is 12.6 Å². The lowest BCUT2D eigenvalue weighted by Gasteiger charge is -2.14. The average molecular weight is 260 g/mol. The standard InChI is InChI=1S/C15H24N4/c1-12-5-4-6-13(11-12)9-10-17-15(19-16)18-14-7-2-3-8-14/h4-6,11,14H,2-3,7-10,16H2,1H3,(H2,17,18,19). The van der Waals surface area contributed by atoms with Gasteiger partial charge in [0.15, 0.2) is 0 Å². The molecule has 0 atom stereocenters. The van der Waals surface area contributed by atoms with Crippen molar-refractivity contribution in [3.05, 3.63) is 35.4 Å². The van der Waals surface area contributed by atoms with Gasteiger partial charge in [0.1, 0.15) is 0 Å². The molecule has 4 nitrogen and oxygen atoms in total. The van der Waals surface area contributed by atoms with Crippen LogP contribution in [0.5, 0.6) is 0 Å². The molecule has 104 valence electrons. The molecule has 0 aliphatic heterocycles. The third-order valence-corrected chi connectivity index (χ3v) is 3.59. The number of benzene rings is 1. The summed E-state index contributed by atoms with van der Waals surface area (Å²) in [6, 6.07) is 9.08. The average Bonchev–Trinajstić information content (AvgIpc) is 2.90. The molecule has 4 N–H and O–H groups in total. The maximum absolute atomic E-state index is 5.51. The second kappa shape index (κ2) is 7.14. The maximum Gasteiger partial charge on any atom is 0.205 e. The largest absolute Gasteiger partial charge is 0.353 e. The maximum atomic E-state index is 5.51. The van der Waals surface area contributed by atoms with Crippen LogP contribution in [0, 0.1) is 6.92 Å². The molecule has 0 spiro atoms. The van der Waals surface area contributed by atoms with Crippen LogP contribution in [-0.2, 0) is 6.42 Å². The third-order valence-electron chi connectivity index (χ3n) is 3.59. The fourth-order valence-electron chi connectivity index (χ4n) is 2.56. The van der Waals surface area contributed by atoms with E-state index in [9.17, 15) is 0 Å². The number of aliphatic imine (C=N–C) groups is 1. The van der Waals surface area contributed by atoms with E-state index >= 15 is 0 Å². The van der Waals surface area contributed by atoms with Crippen LogP contribution in [0.3, 0.4) is 0 Å². The Bertz CT molecular complexity index is 422. The van der Waals surface area contributed by atoms with E-state index in [0.29, 0.717) is 6.04 Å². The molecule has 1 aliphatic rings. The quantitative estimate of drug-likeness (QED) is 0.335. The van der Waals surface area contributed by atoms with E-state index in [4.69, 9.17) is 5.84 Å². The molecule has 0 heterocycles. The Morgan fingerprint density at radius 2 is 2.16 bits per heavy atom. The van der Waals surface area contributed by atoms with E-state index in [1.54, 1.807) is 0 Å². The minimum atomic E-state index is 0.536. The molecule has 1 aliphatic carbocycles. The summed E-state index contributed by atoms with van der Waals surface area (Å²) in [6.07, 6.45) is 5.99. The Balaban J connectivity index is 1.81. The van der Waals surface area contributed by atoms with Crippen molar-refractivity contribution in [1.29, 1.82) is 0 Å². The van der Waals surface area contributed by atoms with Crippen LogP contribution in [0.4, 0.5) is 0 Å². The fourth-order valence-corrected chi connectivity index (χ4v) is 2.56. The molecule has 1 aromatic carbocycles. The van der Waals surface area contributed by atoms with Gasteiger partial charge in [-0.3, -0.25) is 10.4 Å². The molecule has 19 heavy (non-hydrogen) atoms. The molecule has 1 saturated carbocycles. The van der Waals surface area contributed by atoms with E-state index in [0.717, 1.165) is 18.9 Å². The van der Waals surface area contributed by atoms with Gasteiger partial charge in [0.25, 0.3) is 0 Å². The van der Waals surface area contributed by atoms with Gasteiger partial charge >= 0.3 is 0 Å². The third kappa shape index (κ3) is 4.56. The Kier molecular flexibility index (Phi) is 5.21. The first-order valence-corrected chi connectivity index (χ1v) is 7.11. The Morgan fingerprint density at radius 3 is 2.84 bits per heavy atom. The first-order valence-electron chi connectivity index (χ1n) is 7.11. The highest BCUT2D eigenvalue weighted by Gasteiger charge is 2.15. The van der Waals surface area contributed by atoms with Crippen LogP contribution in [-0.4, -0.2) is 18.5 Å². The van der Waals surface area contributed by atoms with Crippen molar-refractivity contribution in [3.8, 4) is 0 Å². The highest BCUT2D eigenvalue weighted by Crippen LogP contribution is 2.17. The van der Waals surface area contributed by atoms with Crippen molar-refractivity contribution in [2.24, 2.45) is 10.8 Å². The first-order chi connectivity index (χ1) is 9.28. The van der Waals surface area contributed by atoms with Crippen molar-refractivity contribution >= 4 is 5.96 Å². The van der Waals surface area contributed by atoms with Crippen LogP contribution >= 0.6 is 0 Å². The van der Waals surface area contributed by atoms with Crippen LogP contribution in [0.25, 0.3) is 0 Å². The number of hydrazine groups is 1. The second-order valence-electron chi connectivity index (χ2n) is 5.24. The first kappa shape index (κ1) is 13.9. The van der Waals surface area contributed by atoms with Crippen LogP contribution in [0.1, 0.15) is 36.8 Å². The second-order valence-corrected chi connectivity index (χ2v) is 5.24. The van der Waals surface area contributed by atoms with Gasteiger partial charge in [0.2, 0.25) is 5.96 Å². The summed E-state index contributed by atoms with van der Waals surface area (Å²) in [7, 11) is 0. The smallest absolute Gasteiger partial charge is 0.205 e. The summed E-state index contributed by atoms with van der Waals surface area (Å²) in [5.41, 5.74) is 5.28. The molecule has 0 unspecified atom stereocenters. The molecule has 1 fully saturated rings. The summed E-state index contributed by atoms with van der Waals surface area (Å²) < 4.78 is 0. The molecule has 4 heteroatoms. The zero-order valence-electron chi connectivity index (χ0n) is 11.7. The lowest BCUT2D eigenvalue weighted by molar-refractivity contribution is 0.614. The predicted octanol–water partition coefficient (Wildman–Crippen LogP) is 1.89. The van der Waals surface area contributed by atoms with Gasteiger partial charge in [-0.15, -0.1) is 0 Å². The fraction of sp³-hybridized carbons (Fsp3) is 0.533. The topological polar surface area (TPSA) is 62.4 Å². The van der Waals surface area contributed by atoms with E-state index in [-0.39, 0.29) is 0 Å². The summed E-state index contributed by atoms with van der Waals surface area (Å²) in [5.74, 6) is 6.23. The summed E-state index contributed by atoms with van der Waals surface area (Å²) >= 11 is 0. The van der Waals surface area contributed by atoms with Crippen molar-refractivity contribution in [2.45, 2.75) is 45.1 Å². The number of rotatable bonds is 4. The molecular formula is C15H24N4. The lowest BCUT2D eigenvalue weighted by atomic mass is 10.1. The number of aryl methyl sites for hydroxylation is 1. The summed E-state index contributed by atoms with van der Waals surface area (Å²) in [4.78, 5) is 4.50. The highest BCUT2D eigenvalue weighted by molar-refractivity contribution is 5.79. The minimum absolute atomic E-state index is 0.536. The van der Waals surface area contributed by atoms with Crippen molar-refractivity contribution in [2.75, 3.05) is 6.54 Å². The normalized spacial score (nSPS) is 16.6. The minimum Gasteiger partial charge on any atom is -0.353 e. The molecule has 0 aromatic heterocycles. The highest BCUT2D eigenvalue weighted by atomic mass is 15.3. The van der Waals surface area contributed by atoms with Crippen molar-refractivity contribution in [3.63, 3.8) is 0 Å². The molecule has 1 aromatic rings. The van der Waals surface area contributed by atoms with Gasteiger partial charge in [-0.2, -0.15) is 0 Å². The lowest BCUT2D eigenvalue weighted by Crippen LogP contribution is -2.45. The van der Waals surface area contributed by atoms with Gasteiger partial charge in [-0.1, -0.05) is 42.7 Å². The number of hydrogen-bond acceptors (Lipinski definition) is 2. The zero-order chi connectivity index (χ0) is 13.5. The number of guanidine groups is 1.